The lowest BCUT2D eigenvalue weighted by molar-refractivity contribution is -0.133. The van der Waals surface area contributed by atoms with Gasteiger partial charge < -0.3 is 15.6 Å². The number of carbonyl (C=O) groups is 1. The van der Waals surface area contributed by atoms with Crippen LogP contribution in [0.4, 0.5) is 0 Å². The normalized spacial score (nSPS) is 16.8. The summed E-state index contributed by atoms with van der Waals surface area (Å²) in [6.45, 7) is 4.23. The third-order valence-corrected chi connectivity index (χ3v) is 6.75. The van der Waals surface area contributed by atoms with E-state index in [4.69, 9.17) is 10.7 Å². The zero-order chi connectivity index (χ0) is 18.8. The molecular weight excluding hydrogens is 433 g/mol. The van der Waals surface area contributed by atoms with Gasteiger partial charge in [-0.05, 0) is 44.2 Å². The van der Waals surface area contributed by atoms with E-state index < -0.39 is 0 Å². The number of aromatic nitrogens is 2. The molecule has 10 heteroatoms. The maximum Gasteiger partial charge on any atom is 0.259 e. The number of carbonyl (C=O) groups excluding carboxylic acids is 1. The molecule has 7 nitrogen and oxygen atoms in total. The second-order valence-electron chi connectivity index (χ2n) is 7.45. The summed E-state index contributed by atoms with van der Waals surface area (Å²) >= 11 is 1.69. The second kappa shape index (κ2) is 10.7. The third kappa shape index (κ3) is 5.30. The fourth-order valence-corrected chi connectivity index (χ4v) is 5.34. The maximum atomic E-state index is 12.6. The van der Waals surface area contributed by atoms with E-state index in [9.17, 15) is 9.59 Å². The average molecular weight is 462 g/mol. The van der Waals surface area contributed by atoms with Gasteiger partial charge in [-0.3, -0.25) is 14.5 Å². The Hall–Kier alpha value is -1.19. The number of H-pyrrole nitrogens is 1. The van der Waals surface area contributed by atoms with Gasteiger partial charge in [-0.25, -0.2) is 4.98 Å². The van der Waals surface area contributed by atoms with Gasteiger partial charge in [-0.1, -0.05) is 0 Å². The van der Waals surface area contributed by atoms with Crippen molar-refractivity contribution in [2.45, 2.75) is 45.1 Å². The van der Waals surface area contributed by atoms with Gasteiger partial charge in [0.05, 0.1) is 11.9 Å². The molecule has 1 fully saturated rings. The molecule has 2 aliphatic rings. The van der Waals surface area contributed by atoms with Crippen LogP contribution in [0.1, 0.15) is 41.9 Å². The Morgan fingerprint density at radius 2 is 1.86 bits per heavy atom. The summed E-state index contributed by atoms with van der Waals surface area (Å²) in [4.78, 5) is 38.9. The molecule has 2 aromatic heterocycles. The van der Waals surface area contributed by atoms with Crippen molar-refractivity contribution < 1.29 is 4.79 Å². The van der Waals surface area contributed by atoms with Crippen LogP contribution in [0.5, 0.6) is 0 Å². The van der Waals surface area contributed by atoms with Crippen molar-refractivity contribution in [3.8, 4) is 0 Å². The predicted molar refractivity (Wildman–Crippen MR) is 122 cm³/mol. The van der Waals surface area contributed by atoms with Crippen molar-refractivity contribution in [2.75, 3.05) is 32.7 Å². The molecule has 0 radical (unpaired) electrons. The number of hydrogen-bond donors (Lipinski definition) is 2. The number of thiophene rings is 1. The highest BCUT2D eigenvalue weighted by atomic mass is 35.5. The molecule has 0 spiro atoms. The van der Waals surface area contributed by atoms with Crippen LogP contribution in [0.2, 0.25) is 0 Å². The number of rotatable bonds is 5. The summed E-state index contributed by atoms with van der Waals surface area (Å²) < 4.78 is 0. The van der Waals surface area contributed by atoms with E-state index in [1.165, 1.54) is 16.9 Å². The first-order valence-corrected chi connectivity index (χ1v) is 10.7. The Bertz CT molecular complexity index is 893. The van der Waals surface area contributed by atoms with Crippen molar-refractivity contribution >= 4 is 52.3 Å². The highest BCUT2D eigenvalue weighted by Gasteiger charge is 2.23. The van der Waals surface area contributed by atoms with Crippen molar-refractivity contribution in [2.24, 2.45) is 5.73 Å². The van der Waals surface area contributed by atoms with Crippen LogP contribution in [0.25, 0.3) is 10.2 Å². The maximum absolute atomic E-state index is 12.6. The van der Waals surface area contributed by atoms with E-state index in [-0.39, 0.29) is 36.3 Å². The van der Waals surface area contributed by atoms with Crippen LogP contribution in [-0.4, -0.2) is 58.4 Å². The minimum atomic E-state index is 0. The number of halogens is 2. The minimum Gasteiger partial charge on any atom is -0.340 e. The molecule has 1 aliphatic carbocycles. The Morgan fingerprint density at radius 1 is 1.14 bits per heavy atom. The largest absolute Gasteiger partial charge is 0.340 e. The molecule has 0 atom stereocenters. The Labute approximate surface area is 186 Å². The zero-order valence-corrected chi connectivity index (χ0v) is 18.9. The van der Waals surface area contributed by atoms with E-state index in [1.807, 2.05) is 4.90 Å². The van der Waals surface area contributed by atoms with Crippen LogP contribution in [0.15, 0.2) is 4.79 Å². The van der Waals surface area contributed by atoms with Crippen LogP contribution in [-0.2, 0) is 24.2 Å². The van der Waals surface area contributed by atoms with E-state index in [0.717, 1.165) is 67.9 Å². The van der Waals surface area contributed by atoms with Crippen LogP contribution in [0, 0.1) is 0 Å². The van der Waals surface area contributed by atoms with Crippen LogP contribution in [0.3, 0.4) is 0 Å². The van der Waals surface area contributed by atoms with Gasteiger partial charge in [0, 0.05) is 37.5 Å². The molecule has 162 valence electrons. The highest BCUT2D eigenvalue weighted by molar-refractivity contribution is 7.18. The number of piperazine rings is 1. The molecule has 2 aromatic rings. The smallest absolute Gasteiger partial charge is 0.259 e. The number of aromatic amines is 1. The molecule has 0 aromatic carbocycles. The fourth-order valence-electron chi connectivity index (χ4n) is 4.06. The summed E-state index contributed by atoms with van der Waals surface area (Å²) in [5.74, 6) is 0.922. The zero-order valence-electron chi connectivity index (χ0n) is 16.4. The van der Waals surface area contributed by atoms with Gasteiger partial charge in [-0.2, -0.15) is 0 Å². The summed E-state index contributed by atoms with van der Waals surface area (Å²) in [5, 5.41) is 0.814. The molecule has 0 unspecified atom stereocenters. The van der Waals surface area contributed by atoms with E-state index in [0.29, 0.717) is 19.5 Å². The number of nitrogens with zero attached hydrogens (tertiary/aromatic N) is 3. The first-order chi connectivity index (χ1) is 13.2. The quantitative estimate of drug-likeness (QED) is 0.710. The highest BCUT2D eigenvalue weighted by Crippen LogP contribution is 2.33. The van der Waals surface area contributed by atoms with Crippen molar-refractivity contribution in [1.82, 2.24) is 19.8 Å². The molecule has 0 bridgehead atoms. The Balaban J connectivity index is 0.00000150. The first kappa shape index (κ1) is 24.1. The number of nitrogens with one attached hydrogen (secondary N) is 1. The summed E-state index contributed by atoms with van der Waals surface area (Å²) in [7, 11) is 0. The molecule has 3 heterocycles. The van der Waals surface area contributed by atoms with Gasteiger partial charge in [0.2, 0.25) is 5.91 Å². The van der Waals surface area contributed by atoms with Gasteiger partial charge in [-0.15, -0.1) is 36.2 Å². The summed E-state index contributed by atoms with van der Waals surface area (Å²) in [5.41, 5.74) is 6.72. The number of fused-ring (bicyclic) bond motifs is 3. The van der Waals surface area contributed by atoms with Gasteiger partial charge in [0.15, 0.2) is 0 Å². The second-order valence-corrected chi connectivity index (χ2v) is 8.54. The lowest BCUT2D eigenvalue weighted by Gasteiger charge is -2.34. The summed E-state index contributed by atoms with van der Waals surface area (Å²) in [6.07, 6.45) is 5.72. The van der Waals surface area contributed by atoms with Crippen LogP contribution >= 0.6 is 36.2 Å². The van der Waals surface area contributed by atoms with Gasteiger partial charge >= 0.3 is 0 Å². The Morgan fingerprint density at radius 3 is 2.59 bits per heavy atom. The topological polar surface area (TPSA) is 95.3 Å². The average Bonchev–Trinajstić information content (AvgIpc) is 3.05. The van der Waals surface area contributed by atoms with Gasteiger partial charge in [0.25, 0.3) is 5.56 Å². The molecule has 1 saturated heterocycles. The minimum absolute atomic E-state index is 0. The molecule has 4 rings (SSSR count). The molecule has 1 aliphatic heterocycles. The first-order valence-electron chi connectivity index (χ1n) is 9.89. The van der Waals surface area contributed by atoms with Crippen molar-refractivity contribution in [3.05, 3.63) is 26.6 Å². The number of aryl methyl sites for hydroxylation is 2. The predicted octanol–water partition coefficient (Wildman–Crippen LogP) is 2.09. The SMILES string of the molecule is Cl.Cl.NCCCC(=O)N1CCN(Cc2nc3sc4c(c3c(=O)[nH]2)CCCC4)CC1. The van der Waals surface area contributed by atoms with E-state index in [2.05, 4.69) is 9.88 Å². The number of amides is 1. The Kier molecular flexibility index (Phi) is 8.91. The lowest BCUT2D eigenvalue weighted by atomic mass is 9.97. The fraction of sp³-hybridized carbons (Fsp3) is 0.632. The summed E-state index contributed by atoms with van der Waals surface area (Å²) in [6, 6.07) is 0. The lowest BCUT2D eigenvalue weighted by Crippen LogP contribution is -2.48. The van der Waals surface area contributed by atoms with E-state index >= 15 is 0 Å². The molecule has 29 heavy (non-hydrogen) atoms. The van der Waals surface area contributed by atoms with Crippen LogP contribution < -0.4 is 11.3 Å². The number of hydrogen-bond acceptors (Lipinski definition) is 6. The molecular formula is C19H29Cl2N5O2S. The number of nitrogens with two attached hydrogens (primary N) is 1. The van der Waals surface area contributed by atoms with Crippen molar-refractivity contribution in [1.29, 1.82) is 0 Å². The standard InChI is InChI=1S/C19H27N5O2S.2ClH/c20-7-3-6-16(25)24-10-8-23(9-11-24)12-15-21-18(26)17-13-4-1-2-5-14(13)27-19(17)22-15;;/h1-12,20H2,(H,21,22,26);2*1H. The molecule has 1 amide bonds. The van der Waals surface area contributed by atoms with Crippen molar-refractivity contribution in [3.63, 3.8) is 0 Å². The molecule has 3 N–H and O–H groups in total. The van der Waals surface area contributed by atoms with Gasteiger partial charge in [0.1, 0.15) is 10.7 Å². The van der Waals surface area contributed by atoms with E-state index in [1.54, 1.807) is 11.3 Å². The third-order valence-electron chi connectivity index (χ3n) is 5.57. The monoisotopic (exact) mass is 461 g/mol. The molecule has 0 saturated carbocycles.